The van der Waals surface area contributed by atoms with Gasteiger partial charge in [0.15, 0.2) is 6.61 Å². The van der Waals surface area contributed by atoms with Crippen molar-refractivity contribution in [1.29, 1.82) is 0 Å². The molecule has 9 heteroatoms. The number of nitrogens with one attached hydrogen (secondary N) is 1. The number of amides is 2. The number of carbonyl (C=O) groups excluding carboxylic acids is 2. The number of aliphatic carboxylic acids is 1. The number of piperidine rings is 4. The van der Waals surface area contributed by atoms with Crippen LogP contribution in [0, 0.1) is 11.8 Å². The van der Waals surface area contributed by atoms with Gasteiger partial charge in [-0.3, -0.25) is 14.5 Å². The number of carboxylic acid groups (broad SMARTS) is 1. The number of ether oxygens (including phenoxy) is 2. The van der Waals surface area contributed by atoms with Gasteiger partial charge < -0.3 is 24.8 Å². The fourth-order valence-corrected chi connectivity index (χ4v) is 5.73. The third-order valence-corrected chi connectivity index (χ3v) is 8.00. The maximum atomic E-state index is 13.0. The number of likely N-dealkylation sites (tertiary alicyclic amines) is 1. The highest BCUT2D eigenvalue weighted by atomic mass is 16.6. The summed E-state index contributed by atoms with van der Waals surface area (Å²) in [6, 6.07) is 16.6. The molecule has 0 saturated carbocycles. The lowest BCUT2D eigenvalue weighted by Crippen LogP contribution is -2.52. The number of rotatable bonds is 8. The molecular weight excluding hydrogens is 486 g/mol. The van der Waals surface area contributed by atoms with Crippen LogP contribution in [-0.4, -0.2) is 78.3 Å². The molecule has 4 fully saturated rings. The minimum absolute atomic E-state index is 0.0878. The summed E-state index contributed by atoms with van der Waals surface area (Å²) < 4.78 is 11.7. The number of hydrogen-bond acceptors (Lipinski definition) is 6. The molecule has 0 spiro atoms. The van der Waals surface area contributed by atoms with Crippen molar-refractivity contribution < 1.29 is 29.0 Å². The molecule has 4 aliphatic heterocycles. The Kier molecular flexibility index (Phi) is 8.12. The highest BCUT2D eigenvalue weighted by molar-refractivity contribution is 5.78. The lowest BCUT2D eigenvalue weighted by molar-refractivity contribution is -0.146. The van der Waals surface area contributed by atoms with Crippen LogP contribution in [0.1, 0.15) is 42.9 Å². The Morgan fingerprint density at radius 3 is 2.29 bits per heavy atom. The number of benzene rings is 2. The maximum absolute atomic E-state index is 13.0. The minimum Gasteiger partial charge on any atom is -0.484 e. The van der Waals surface area contributed by atoms with Crippen molar-refractivity contribution in [1.82, 2.24) is 15.1 Å². The first-order valence-corrected chi connectivity index (χ1v) is 13.4. The number of hydrogen-bond donors (Lipinski definition) is 2. The van der Waals surface area contributed by atoms with E-state index in [1.807, 2.05) is 48.5 Å². The molecule has 2 N–H and O–H groups in total. The summed E-state index contributed by atoms with van der Waals surface area (Å²) >= 11 is 0. The Balaban J connectivity index is 1.22. The number of alkyl carbamates (subject to hydrolysis) is 1. The summed E-state index contributed by atoms with van der Waals surface area (Å²) in [5.74, 6) is -0.427. The van der Waals surface area contributed by atoms with E-state index in [0.717, 1.165) is 43.6 Å². The van der Waals surface area contributed by atoms with E-state index in [2.05, 4.69) is 10.2 Å². The van der Waals surface area contributed by atoms with Crippen LogP contribution in [0.5, 0.6) is 5.75 Å². The molecule has 2 atom stereocenters. The Bertz CT molecular complexity index is 1130. The van der Waals surface area contributed by atoms with Crippen LogP contribution >= 0.6 is 0 Å². The standard InChI is InChI=1S/C29H35N3O6/c33-26(32-15-11-22(12-16-32)28(34)35)19-37-24-8-4-7-23(17-24)27(21-5-2-1-3-6-21)30-29(36)38-25-18-31-13-9-20(25)10-14-31/h1-8,17,20,22,25,27H,9-16,18-19H2,(H,30,36)(H,34,35). The van der Waals surface area contributed by atoms with Crippen LogP contribution in [0.15, 0.2) is 54.6 Å². The van der Waals surface area contributed by atoms with E-state index >= 15 is 0 Å². The van der Waals surface area contributed by atoms with Crippen LogP contribution in [0.4, 0.5) is 4.79 Å². The van der Waals surface area contributed by atoms with E-state index < -0.39 is 24.0 Å². The van der Waals surface area contributed by atoms with E-state index in [1.165, 1.54) is 0 Å². The summed E-state index contributed by atoms with van der Waals surface area (Å²) in [7, 11) is 0. The van der Waals surface area contributed by atoms with Gasteiger partial charge in [0.05, 0.1) is 12.0 Å². The van der Waals surface area contributed by atoms with Gasteiger partial charge in [-0.1, -0.05) is 42.5 Å². The second kappa shape index (κ2) is 11.9. The molecule has 4 heterocycles. The van der Waals surface area contributed by atoms with Crippen LogP contribution < -0.4 is 10.1 Å². The predicted octanol–water partition coefficient (Wildman–Crippen LogP) is 3.30. The predicted molar refractivity (Wildman–Crippen MR) is 140 cm³/mol. The zero-order valence-corrected chi connectivity index (χ0v) is 21.5. The van der Waals surface area contributed by atoms with Gasteiger partial charge in [0.25, 0.3) is 5.91 Å². The SMILES string of the molecule is O=C(NC(c1ccccc1)c1cccc(OCC(=O)N2CCC(C(=O)O)CC2)c1)OC1CN2CCC1CC2. The highest BCUT2D eigenvalue weighted by Crippen LogP contribution is 2.30. The molecule has 0 aromatic heterocycles. The molecule has 2 unspecified atom stereocenters. The zero-order chi connectivity index (χ0) is 26.5. The summed E-state index contributed by atoms with van der Waals surface area (Å²) in [6.45, 7) is 3.65. The first kappa shape index (κ1) is 26.0. The second-order valence-corrected chi connectivity index (χ2v) is 10.4. The lowest BCUT2D eigenvalue weighted by Gasteiger charge is -2.43. The highest BCUT2D eigenvalue weighted by Gasteiger charge is 2.37. The fourth-order valence-electron chi connectivity index (χ4n) is 5.73. The molecule has 6 rings (SSSR count). The largest absolute Gasteiger partial charge is 0.484 e. The van der Waals surface area contributed by atoms with Gasteiger partial charge >= 0.3 is 12.1 Å². The summed E-state index contributed by atoms with van der Waals surface area (Å²) in [4.78, 5) is 40.8. The molecule has 4 saturated heterocycles. The Hall–Kier alpha value is -3.59. The Morgan fingerprint density at radius 1 is 0.921 bits per heavy atom. The number of carbonyl (C=O) groups is 3. The van der Waals surface area contributed by atoms with Crippen molar-refractivity contribution in [2.45, 2.75) is 37.8 Å². The average molecular weight is 522 g/mol. The molecule has 38 heavy (non-hydrogen) atoms. The molecule has 4 aliphatic rings. The van der Waals surface area contributed by atoms with E-state index in [9.17, 15) is 14.4 Å². The number of fused-ring (bicyclic) bond motifs is 3. The topological polar surface area (TPSA) is 108 Å². The quantitative estimate of drug-likeness (QED) is 0.549. The smallest absolute Gasteiger partial charge is 0.408 e. The van der Waals surface area contributed by atoms with Gasteiger partial charge in [0.2, 0.25) is 0 Å². The van der Waals surface area contributed by atoms with Crippen LogP contribution in [-0.2, 0) is 14.3 Å². The molecule has 2 aromatic rings. The third-order valence-electron chi connectivity index (χ3n) is 8.00. The van der Waals surface area contributed by atoms with Gasteiger partial charge in [-0.2, -0.15) is 0 Å². The van der Waals surface area contributed by atoms with Crippen molar-refractivity contribution in [3.05, 3.63) is 65.7 Å². The average Bonchev–Trinajstić information content (AvgIpc) is 2.96. The van der Waals surface area contributed by atoms with Gasteiger partial charge in [-0.25, -0.2) is 4.79 Å². The molecular formula is C29H35N3O6. The van der Waals surface area contributed by atoms with Gasteiger partial charge in [-0.05, 0) is 68.0 Å². The molecule has 202 valence electrons. The maximum Gasteiger partial charge on any atom is 0.408 e. The normalized spacial score (nSPS) is 23.9. The van der Waals surface area contributed by atoms with Crippen LogP contribution in [0.3, 0.4) is 0 Å². The van der Waals surface area contributed by atoms with Gasteiger partial charge in [-0.15, -0.1) is 0 Å². The molecule has 0 radical (unpaired) electrons. The van der Waals surface area contributed by atoms with Crippen molar-refractivity contribution in [3.63, 3.8) is 0 Å². The van der Waals surface area contributed by atoms with Crippen molar-refractivity contribution in [3.8, 4) is 5.75 Å². The zero-order valence-electron chi connectivity index (χ0n) is 21.5. The van der Waals surface area contributed by atoms with Crippen molar-refractivity contribution in [2.24, 2.45) is 11.8 Å². The minimum atomic E-state index is -0.806. The van der Waals surface area contributed by atoms with Crippen molar-refractivity contribution >= 4 is 18.0 Å². The van der Waals surface area contributed by atoms with Crippen molar-refractivity contribution in [2.75, 3.05) is 39.3 Å². The molecule has 9 nitrogen and oxygen atoms in total. The molecule has 2 bridgehead atoms. The van der Waals surface area contributed by atoms with Crippen LogP contribution in [0.2, 0.25) is 0 Å². The second-order valence-electron chi connectivity index (χ2n) is 10.4. The fraction of sp³-hybridized carbons (Fsp3) is 0.483. The molecule has 2 amide bonds. The number of carboxylic acids is 1. The Labute approximate surface area is 222 Å². The summed E-state index contributed by atoms with van der Waals surface area (Å²) in [5, 5.41) is 12.2. The van der Waals surface area contributed by atoms with E-state index in [4.69, 9.17) is 14.6 Å². The van der Waals surface area contributed by atoms with E-state index in [1.54, 1.807) is 11.0 Å². The van der Waals surface area contributed by atoms with E-state index in [0.29, 0.717) is 37.6 Å². The summed E-state index contributed by atoms with van der Waals surface area (Å²) in [5.41, 5.74) is 1.72. The first-order chi connectivity index (χ1) is 18.5. The first-order valence-electron chi connectivity index (χ1n) is 13.4. The van der Waals surface area contributed by atoms with E-state index in [-0.39, 0.29) is 18.6 Å². The Morgan fingerprint density at radius 2 is 1.63 bits per heavy atom. The van der Waals surface area contributed by atoms with Gasteiger partial charge in [0.1, 0.15) is 11.9 Å². The number of nitrogens with zero attached hydrogens (tertiary/aromatic N) is 2. The van der Waals surface area contributed by atoms with Gasteiger partial charge in [0, 0.05) is 19.6 Å². The lowest BCUT2D eigenvalue weighted by atomic mass is 9.86. The monoisotopic (exact) mass is 521 g/mol. The van der Waals surface area contributed by atoms with Crippen LogP contribution in [0.25, 0.3) is 0 Å². The molecule has 2 aromatic carbocycles. The molecule has 0 aliphatic carbocycles. The summed E-state index contributed by atoms with van der Waals surface area (Å²) in [6.07, 6.45) is 2.51. The third kappa shape index (κ3) is 6.27.